The van der Waals surface area contributed by atoms with E-state index in [4.69, 9.17) is 14.5 Å². The molecule has 0 aromatic heterocycles. The molecule has 0 bridgehead atoms. The van der Waals surface area contributed by atoms with Crippen LogP contribution in [0, 0.1) is 0 Å². The van der Waals surface area contributed by atoms with Crippen LogP contribution in [0.25, 0.3) is 0 Å². The molecule has 1 unspecified atom stereocenters. The maximum atomic E-state index is 11.6. The average Bonchev–Trinajstić information content (AvgIpc) is 2.77. The van der Waals surface area contributed by atoms with Gasteiger partial charge in [0.05, 0.1) is 6.61 Å². The lowest BCUT2D eigenvalue weighted by molar-refractivity contribution is -0.147. The van der Waals surface area contributed by atoms with Gasteiger partial charge < -0.3 is 19.6 Å². The van der Waals surface area contributed by atoms with E-state index in [9.17, 15) is 14.5 Å². The Morgan fingerprint density at radius 3 is 1.70 bits per heavy atom. The molecular formula is C25H49O7P. The molecule has 0 aliphatic carbocycles. The van der Waals surface area contributed by atoms with Gasteiger partial charge >= 0.3 is 13.8 Å². The zero-order valence-electron chi connectivity index (χ0n) is 20.8. The van der Waals surface area contributed by atoms with Crippen molar-refractivity contribution in [2.24, 2.45) is 0 Å². The van der Waals surface area contributed by atoms with E-state index in [1.54, 1.807) is 0 Å². The number of unbranched alkanes of at least 4 members (excludes halogenated alkanes) is 15. The fourth-order valence-corrected chi connectivity index (χ4v) is 3.91. The van der Waals surface area contributed by atoms with Crippen molar-refractivity contribution < 1.29 is 33.5 Å². The fraction of sp³-hybridized carbons (Fsp3) is 0.880. The summed E-state index contributed by atoms with van der Waals surface area (Å²) < 4.78 is 19.6. The molecular weight excluding hydrogens is 443 g/mol. The van der Waals surface area contributed by atoms with E-state index >= 15 is 0 Å². The Bertz CT molecular complexity index is 519. The van der Waals surface area contributed by atoms with Crippen LogP contribution in [0.3, 0.4) is 0 Å². The lowest BCUT2D eigenvalue weighted by atomic mass is 10.1. The topological polar surface area (TPSA) is 113 Å². The summed E-state index contributed by atoms with van der Waals surface area (Å²) in [5.41, 5.74) is 0. The van der Waals surface area contributed by atoms with Crippen LogP contribution in [0.5, 0.6) is 0 Å². The molecule has 8 heteroatoms. The first-order valence-corrected chi connectivity index (χ1v) is 14.6. The molecule has 196 valence electrons. The number of esters is 1. The van der Waals surface area contributed by atoms with Crippen LogP contribution in [0.15, 0.2) is 12.2 Å². The van der Waals surface area contributed by atoms with Gasteiger partial charge in [-0.25, -0.2) is 4.57 Å². The predicted octanol–water partition coefficient (Wildman–Crippen LogP) is 6.60. The summed E-state index contributed by atoms with van der Waals surface area (Å²) in [5, 5.41) is 9.45. The quantitative estimate of drug-likeness (QED) is 0.0602. The molecule has 33 heavy (non-hydrogen) atoms. The van der Waals surface area contributed by atoms with Crippen molar-refractivity contribution in [2.75, 3.05) is 13.2 Å². The highest BCUT2D eigenvalue weighted by Crippen LogP contribution is 2.35. The van der Waals surface area contributed by atoms with Crippen LogP contribution < -0.4 is 0 Å². The summed E-state index contributed by atoms with van der Waals surface area (Å²) in [6, 6.07) is 0. The van der Waals surface area contributed by atoms with Crippen molar-refractivity contribution in [1.82, 2.24) is 0 Å². The van der Waals surface area contributed by atoms with E-state index in [2.05, 4.69) is 23.6 Å². The van der Waals surface area contributed by atoms with Gasteiger partial charge in [-0.3, -0.25) is 9.32 Å². The molecule has 0 heterocycles. The van der Waals surface area contributed by atoms with Gasteiger partial charge in [0.15, 0.2) is 0 Å². The minimum absolute atomic E-state index is 0.290. The third kappa shape index (κ3) is 27.4. The maximum absolute atomic E-state index is 11.6. The SMILES string of the molecule is CCCCCCCCC=CCCCCCCCCCCCC(=O)OCC(O)COP(=O)(O)O. The second-order valence-corrected chi connectivity index (χ2v) is 10.1. The number of carbonyl (C=O) groups is 1. The average molecular weight is 493 g/mol. The Morgan fingerprint density at radius 2 is 1.21 bits per heavy atom. The molecule has 0 aliphatic heterocycles. The first kappa shape index (κ1) is 32.3. The Hall–Kier alpha value is -0.720. The summed E-state index contributed by atoms with van der Waals surface area (Å²) >= 11 is 0. The molecule has 0 aromatic carbocycles. The Labute approximate surface area is 201 Å². The summed E-state index contributed by atoms with van der Waals surface area (Å²) in [7, 11) is -4.62. The summed E-state index contributed by atoms with van der Waals surface area (Å²) in [5.74, 6) is -0.411. The third-order valence-electron chi connectivity index (χ3n) is 5.51. The van der Waals surface area contributed by atoms with Crippen molar-refractivity contribution in [3.63, 3.8) is 0 Å². The predicted molar refractivity (Wildman–Crippen MR) is 133 cm³/mol. The molecule has 0 spiro atoms. The fourth-order valence-electron chi connectivity index (χ4n) is 3.54. The minimum Gasteiger partial charge on any atom is -0.463 e. The first-order valence-electron chi connectivity index (χ1n) is 13.0. The van der Waals surface area contributed by atoms with E-state index in [1.165, 1.54) is 89.9 Å². The number of phosphoric acid groups is 1. The molecule has 0 saturated heterocycles. The number of rotatable bonds is 24. The molecule has 0 aromatic rings. The summed E-state index contributed by atoms with van der Waals surface area (Å²) in [6.07, 6.45) is 24.8. The van der Waals surface area contributed by atoms with Crippen molar-refractivity contribution in [1.29, 1.82) is 0 Å². The van der Waals surface area contributed by atoms with Gasteiger partial charge in [0.25, 0.3) is 0 Å². The van der Waals surface area contributed by atoms with Crippen LogP contribution >= 0.6 is 7.82 Å². The zero-order chi connectivity index (χ0) is 24.6. The number of allylic oxidation sites excluding steroid dienone is 2. The lowest BCUT2D eigenvalue weighted by Crippen LogP contribution is -2.23. The van der Waals surface area contributed by atoms with Crippen LogP contribution in [-0.2, 0) is 18.6 Å². The third-order valence-corrected chi connectivity index (χ3v) is 6.00. The second-order valence-electron chi connectivity index (χ2n) is 8.87. The van der Waals surface area contributed by atoms with E-state index in [1.807, 2.05) is 0 Å². The van der Waals surface area contributed by atoms with Gasteiger partial charge in [-0.05, 0) is 32.1 Å². The maximum Gasteiger partial charge on any atom is 0.469 e. The van der Waals surface area contributed by atoms with Gasteiger partial charge in [0.1, 0.15) is 12.7 Å². The Morgan fingerprint density at radius 1 is 0.758 bits per heavy atom. The van der Waals surface area contributed by atoms with Crippen molar-refractivity contribution in [2.45, 2.75) is 129 Å². The standard InChI is InChI=1S/C25H49O7P/c1-2-3-4-5-6-7-8-9-10-11-12-13-14-15-16-17-18-19-20-21-25(27)31-22-24(26)23-32-33(28,29)30/h9-10,24,26H,2-8,11-23H2,1H3,(H2,28,29,30). The van der Waals surface area contributed by atoms with E-state index in [-0.39, 0.29) is 6.61 Å². The van der Waals surface area contributed by atoms with E-state index in [0.29, 0.717) is 6.42 Å². The minimum atomic E-state index is -4.62. The monoisotopic (exact) mass is 492 g/mol. The number of aliphatic hydroxyl groups is 1. The normalized spacial score (nSPS) is 13.0. The zero-order valence-corrected chi connectivity index (χ0v) is 21.7. The molecule has 0 rings (SSSR count). The molecule has 0 saturated carbocycles. The van der Waals surface area contributed by atoms with Gasteiger partial charge in [-0.2, -0.15) is 0 Å². The number of aliphatic hydroxyl groups excluding tert-OH is 1. The van der Waals surface area contributed by atoms with Crippen LogP contribution in [0.2, 0.25) is 0 Å². The van der Waals surface area contributed by atoms with Crippen LogP contribution in [-0.4, -0.2) is 40.2 Å². The number of hydrogen-bond donors (Lipinski definition) is 3. The number of hydrogen-bond acceptors (Lipinski definition) is 5. The number of ether oxygens (including phenoxy) is 1. The van der Waals surface area contributed by atoms with Crippen molar-refractivity contribution >= 4 is 13.8 Å². The Balaban J connectivity index is 3.31. The molecule has 7 nitrogen and oxygen atoms in total. The highest BCUT2D eigenvalue weighted by Gasteiger charge is 2.17. The lowest BCUT2D eigenvalue weighted by Gasteiger charge is -2.12. The molecule has 0 fully saturated rings. The molecule has 1 atom stereocenters. The molecule has 0 radical (unpaired) electrons. The highest BCUT2D eigenvalue weighted by atomic mass is 31.2. The van der Waals surface area contributed by atoms with E-state index in [0.717, 1.165) is 19.3 Å². The highest BCUT2D eigenvalue weighted by molar-refractivity contribution is 7.46. The van der Waals surface area contributed by atoms with Crippen LogP contribution in [0.4, 0.5) is 0 Å². The number of carbonyl (C=O) groups excluding carboxylic acids is 1. The summed E-state index contributed by atoms with van der Waals surface area (Å²) in [6.45, 7) is 1.36. The smallest absolute Gasteiger partial charge is 0.463 e. The Kier molecular flexibility index (Phi) is 22.5. The van der Waals surface area contributed by atoms with E-state index < -0.39 is 26.5 Å². The molecule has 3 N–H and O–H groups in total. The molecule has 0 aliphatic rings. The summed E-state index contributed by atoms with van der Waals surface area (Å²) in [4.78, 5) is 28.7. The number of phosphoric ester groups is 1. The first-order chi connectivity index (χ1) is 15.8. The van der Waals surface area contributed by atoms with Crippen molar-refractivity contribution in [3.8, 4) is 0 Å². The van der Waals surface area contributed by atoms with Crippen LogP contribution in [0.1, 0.15) is 122 Å². The molecule has 0 amide bonds. The van der Waals surface area contributed by atoms with Gasteiger partial charge in [-0.15, -0.1) is 0 Å². The van der Waals surface area contributed by atoms with Gasteiger partial charge in [-0.1, -0.05) is 96.1 Å². The van der Waals surface area contributed by atoms with Gasteiger partial charge in [0.2, 0.25) is 0 Å². The van der Waals surface area contributed by atoms with Crippen molar-refractivity contribution in [3.05, 3.63) is 12.2 Å². The largest absolute Gasteiger partial charge is 0.469 e. The van der Waals surface area contributed by atoms with Gasteiger partial charge in [0, 0.05) is 6.42 Å². The second kappa shape index (κ2) is 23.0.